The molecule has 5 rings (SSSR count). The number of benzene rings is 2. The first kappa shape index (κ1) is 19.2. The SMILES string of the molecule is Cc1ccc2oc(=O)c(-c3nnc(Nc4cc5c(C)cc(=O)oc5cc4C)s3)cc2c1. The first-order chi connectivity index (χ1) is 14.9. The lowest BCUT2D eigenvalue weighted by molar-refractivity contribution is 0.559. The van der Waals surface area contributed by atoms with Gasteiger partial charge in [0.1, 0.15) is 11.2 Å². The van der Waals surface area contributed by atoms with E-state index >= 15 is 0 Å². The third-order valence-corrected chi connectivity index (χ3v) is 5.95. The van der Waals surface area contributed by atoms with Gasteiger partial charge in [0.25, 0.3) is 0 Å². The van der Waals surface area contributed by atoms with Crippen LogP contribution in [0.5, 0.6) is 0 Å². The van der Waals surface area contributed by atoms with Crippen molar-refractivity contribution in [2.45, 2.75) is 20.8 Å². The molecule has 0 aliphatic rings. The second-order valence-corrected chi connectivity index (χ2v) is 8.42. The van der Waals surface area contributed by atoms with E-state index < -0.39 is 5.63 Å². The van der Waals surface area contributed by atoms with E-state index in [1.165, 1.54) is 17.4 Å². The minimum Gasteiger partial charge on any atom is -0.423 e. The molecular weight excluding hydrogens is 414 g/mol. The number of nitrogens with one attached hydrogen (secondary N) is 1. The van der Waals surface area contributed by atoms with Gasteiger partial charge in [-0.15, -0.1) is 10.2 Å². The highest BCUT2D eigenvalue weighted by Gasteiger charge is 2.15. The molecule has 1 N–H and O–H groups in total. The summed E-state index contributed by atoms with van der Waals surface area (Å²) in [5.41, 5.74) is 4.23. The van der Waals surface area contributed by atoms with Crippen molar-refractivity contribution >= 4 is 44.1 Å². The zero-order chi connectivity index (χ0) is 21.7. The van der Waals surface area contributed by atoms with Gasteiger partial charge >= 0.3 is 11.3 Å². The maximum absolute atomic E-state index is 12.5. The highest BCUT2D eigenvalue weighted by atomic mass is 32.1. The van der Waals surface area contributed by atoms with Gasteiger partial charge in [-0.05, 0) is 62.2 Å². The molecule has 8 heteroatoms. The average molecular weight is 431 g/mol. The third kappa shape index (κ3) is 3.51. The molecule has 0 saturated carbocycles. The summed E-state index contributed by atoms with van der Waals surface area (Å²) in [6.07, 6.45) is 0. The van der Waals surface area contributed by atoms with Gasteiger partial charge in [-0.3, -0.25) is 0 Å². The predicted octanol–water partition coefficient (Wildman–Crippen LogP) is 5.09. The molecule has 0 spiro atoms. The van der Waals surface area contributed by atoms with Crippen LogP contribution in [-0.2, 0) is 0 Å². The van der Waals surface area contributed by atoms with Crippen molar-refractivity contribution < 1.29 is 8.83 Å². The lowest BCUT2D eigenvalue weighted by atomic mass is 10.1. The van der Waals surface area contributed by atoms with E-state index in [1.807, 2.05) is 45.0 Å². The lowest BCUT2D eigenvalue weighted by Gasteiger charge is -2.09. The molecule has 0 amide bonds. The number of fused-ring (bicyclic) bond motifs is 2. The summed E-state index contributed by atoms with van der Waals surface area (Å²) in [7, 11) is 0. The smallest absolute Gasteiger partial charge is 0.346 e. The second kappa shape index (κ2) is 7.17. The van der Waals surface area contributed by atoms with Crippen LogP contribution in [-0.4, -0.2) is 10.2 Å². The van der Waals surface area contributed by atoms with Crippen LogP contribution in [0.3, 0.4) is 0 Å². The van der Waals surface area contributed by atoms with E-state index in [4.69, 9.17) is 8.83 Å². The maximum Gasteiger partial charge on any atom is 0.346 e. The highest BCUT2D eigenvalue weighted by Crippen LogP contribution is 2.31. The largest absolute Gasteiger partial charge is 0.423 e. The second-order valence-electron chi connectivity index (χ2n) is 7.44. The fraction of sp³-hybridized carbons (Fsp3) is 0.130. The third-order valence-electron chi connectivity index (χ3n) is 5.08. The summed E-state index contributed by atoms with van der Waals surface area (Å²) in [6, 6.07) is 12.6. The number of aryl methyl sites for hydroxylation is 3. The monoisotopic (exact) mass is 431 g/mol. The summed E-state index contributed by atoms with van der Waals surface area (Å²) in [5.74, 6) is 0. The zero-order valence-corrected chi connectivity index (χ0v) is 17.8. The van der Waals surface area contributed by atoms with Gasteiger partial charge in [-0.1, -0.05) is 23.0 Å². The summed E-state index contributed by atoms with van der Waals surface area (Å²) in [6.45, 7) is 5.75. The Balaban J connectivity index is 1.53. The van der Waals surface area contributed by atoms with Gasteiger partial charge in [0, 0.05) is 22.5 Å². The van der Waals surface area contributed by atoms with E-state index in [2.05, 4.69) is 15.5 Å². The van der Waals surface area contributed by atoms with Crippen molar-refractivity contribution in [1.82, 2.24) is 10.2 Å². The fourth-order valence-electron chi connectivity index (χ4n) is 3.49. The van der Waals surface area contributed by atoms with E-state index in [9.17, 15) is 9.59 Å². The first-order valence-electron chi connectivity index (χ1n) is 9.58. The minimum absolute atomic E-state index is 0.372. The van der Waals surface area contributed by atoms with E-state index in [0.717, 1.165) is 33.2 Å². The Morgan fingerprint density at radius 3 is 2.55 bits per heavy atom. The van der Waals surface area contributed by atoms with Crippen molar-refractivity contribution in [3.63, 3.8) is 0 Å². The highest BCUT2D eigenvalue weighted by molar-refractivity contribution is 7.18. The van der Waals surface area contributed by atoms with Crippen LogP contribution in [0, 0.1) is 20.8 Å². The molecule has 0 aliphatic heterocycles. The Bertz CT molecular complexity index is 1600. The number of hydrogen-bond acceptors (Lipinski definition) is 8. The summed E-state index contributed by atoms with van der Waals surface area (Å²) in [4.78, 5) is 24.1. The summed E-state index contributed by atoms with van der Waals surface area (Å²) in [5, 5.41) is 14.3. The van der Waals surface area contributed by atoms with Crippen molar-refractivity contribution in [2.24, 2.45) is 0 Å². The Labute approximate surface area is 180 Å². The van der Waals surface area contributed by atoms with Gasteiger partial charge < -0.3 is 14.2 Å². The van der Waals surface area contributed by atoms with Crippen LogP contribution in [0.4, 0.5) is 10.8 Å². The Hall–Kier alpha value is -3.78. The van der Waals surface area contributed by atoms with Crippen molar-refractivity contribution in [3.8, 4) is 10.6 Å². The number of nitrogens with zero attached hydrogens (tertiary/aromatic N) is 2. The molecule has 3 aromatic heterocycles. The Morgan fingerprint density at radius 2 is 1.71 bits per heavy atom. The molecule has 0 saturated heterocycles. The molecule has 0 atom stereocenters. The van der Waals surface area contributed by atoms with Crippen LogP contribution in [0.25, 0.3) is 32.5 Å². The molecule has 0 unspecified atom stereocenters. The van der Waals surface area contributed by atoms with Crippen LogP contribution >= 0.6 is 11.3 Å². The summed E-state index contributed by atoms with van der Waals surface area (Å²) < 4.78 is 10.7. The normalized spacial score (nSPS) is 11.3. The van der Waals surface area contributed by atoms with Crippen LogP contribution in [0.2, 0.25) is 0 Å². The van der Waals surface area contributed by atoms with E-state index in [1.54, 1.807) is 12.1 Å². The van der Waals surface area contributed by atoms with Crippen LogP contribution in [0.1, 0.15) is 16.7 Å². The number of anilines is 2. The van der Waals surface area contributed by atoms with Crippen LogP contribution in [0.15, 0.2) is 60.9 Å². The molecule has 0 bridgehead atoms. The molecule has 5 aromatic rings. The van der Waals surface area contributed by atoms with E-state index in [-0.39, 0.29) is 5.63 Å². The predicted molar refractivity (Wildman–Crippen MR) is 121 cm³/mol. The number of hydrogen-bond donors (Lipinski definition) is 1. The lowest BCUT2D eigenvalue weighted by Crippen LogP contribution is -2.02. The molecule has 0 fully saturated rings. The zero-order valence-electron chi connectivity index (χ0n) is 17.0. The standard InChI is InChI=1S/C23H17N3O4S/c1-11-4-5-18-14(6-11)9-16(22(28)30-18)21-25-26-23(31-21)24-17-10-15-12(2)8-20(27)29-19(15)7-13(17)3/h4-10H,1-3H3,(H,24,26). The molecular formula is C23H17N3O4S. The quantitative estimate of drug-likeness (QED) is 0.397. The molecule has 0 radical (unpaired) electrons. The first-order valence-corrected chi connectivity index (χ1v) is 10.4. The maximum atomic E-state index is 12.5. The average Bonchev–Trinajstić information content (AvgIpc) is 3.17. The summed E-state index contributed by atoms with van der Waals surface area (Å²) >= 11 is 1.26. The molecule has 7 nitrogen and oxygen atoms in total. The fourth-order valence-corrected chi connectivity index (χ4v) is 4.25. The van der Waals surface area contributed by atoms with Gasteiger partial charge in [0.05, 0.1) is 5.56 Å². The molecule has 31 heavy (non-hydrogen) atoms. The molecule has 154 valence electrons. The molecule has 3 heterocycles. The van der Waals surface area contributed by atoms with E-state index in [0.29, 0.717) is 26.9 Å². The number of aromatic nitrogens is 2. The Kier molecular flexibility index (Phi) is 4.44. The van der Waals surface area contributed by atoms with Gasteiger partial charge in [-0.2, -0.15) is 0 Å². The van der Waals surface area contributed by atoms with Crippen molar-refractivity contribution in [2.75, 3.05) is 5.32 Å². The molecule has 0 aliphatic carbocycles. The van der Waals surface area contributed by atoms with Crippen molar-refractivity contribution in [3.05, 3.63) is 80.0 Å². The number of rotatable bonds is 3. The topological polar surface area (TPSA) is 98.2 Å². The van der Waals surface area contributed by atoms with Gasteiger partial charge in [0.15, 0.2) is 5.01 Å². The van der Waals surface area contributed by atoms with Gasteiger partial charge in [-0.25, -0.2) is 9.59 Å². The van der Waals surface area contributed by atoms with Crippen molar-refractivity contribution in [1.29, 1.82) is 0 Å². The minimum atomic E-state index is -0.452. The van der Waals surface area contributed by atoms with Gasteiger partial charge in [0.2, 0.25) is 5.13 Å². The Morgan fingerprint density at radius 1 is 0.871 bits per heavy atom. The molecule has 2 aromatic carbocycles. The van der Waals surface area contributed by atoms with Crippen LogP contribution < -0.4 is 16.6 Å².